The van der Waals surface area contributed by atoms with Crippen LogP contribution < -0.4 is 5.32 Å². The molecule has 0 bridgehead atoms. The molecular formula is C23H38N4O. The van der Waals surface area contributed by atoms with E-state index in [1.165, 1.54) is 12.0 Å². The first-order valence-corrected chi connectivity index (χ1v) is 10.9. The molecule has 2 heterocycles. The lowest BCUT2D eigenvalue weighted by Gasteiger charge is -2.43. The van der Waals surface area contributed by atoms with Gasteiger partial charge in [-0.3, -0.25) is 4.99 Å². The van der Waals surface area contributed by atoms with Crippen LogP contribution in [0.3, 0.4) is 0 Å². The van der Waals surface area contributed by atoms with E-state index in [1.54, 1.807) is 0 Å². The molecule has 156 valence electrons. The number of nitrogens with one attached hydrogen (secondary N) is 1. The van der Waals surface area contributed by atoms with Gasteiger partial charge in [0.1, 0.15) is 0 Å². The zero-order chi connectivity index (χ0) is 20.0. The number of aliphatic imine (C=N–C) groups is 1. The van der Waals surface area contributed by atoms with E-state index >= 15 is 0 Å². The van der Waals surface area contributed by atoms with Crippen molar-refractivity contribution in [3.05, 3.63) is 35.9 Å². The van der Waals surface area contributed by atoms with Gasteiger partial charge in [0.2, 0.25) is 0 Å². The number of nitrogens with zero attached hydrogens (tertiary/aromatic N) is 3. The molecule has 2 fully saturated rings. The Labute approximate surface area is 171 Å². The van der Waals surface area contributed by atoms with Gasteiger partial charge in [-0.2, -0.15) is 0 Å². The van der Waals surface area contributed by atoms with Gasteiger partial charge in [0, 0.05) is 38.4 Å². The number of piperidine rings is 1. The quantitative estimate of drug-likeness (QED) is 0.623. The summed E-state index contributed by atoms with van der Waals surface area (Å²) in [5.74, 6) is 2.34. The van der Waals surface area contributed by atoms with Crippen LogP contribution in [0.1, 0.15) is 44.6 Å². The average molecular weight is 387 g/mol. The first kappa shape index (κ1) is 21.1. The molecule has 2 atom stereocenters. The second kappa shape index (κ2) is 9.75. The molecule has 0 radical (unpaired) electrons. The van der Waals surface area contributed by atoms with Gasteiger partial charge in [-0.1, -0.05) is 37.3 Å². The minimum atomic E-state index is 0.118. The Bertz CT molecular complexity index is 625. The van der Waals surface area contributed by atoms with E-state index in [1.807, 2.05) is 0 Å². The molecule has 0 aromatic heterocycles. The molecule has 0 spiro atoms. The third-order valence-corrected chi connectivity index (χ3v) is 6.66. The molecule has 3 rings (SSSR count). The van der Waals surface area contributed by atoms with Gasteiger partial charge in [-0.15, -0.1) is 0 Å². The van der Waals surface area contributed by atoms with Crippen LogP contribution in [0.25, 0.3) is 0 Å². The van der Waals surface area contributed by atoms with Crippen molar-refractivity contribution in [1.82, 2.24) is 15.1 Å². The van der Waals surface area contributed by atoms with Crippen molar-refractivity contribution in [2.24, 2.45) is 10.9 Å². The molecular weight excluding hydrogens is 348 g/mol. The maximum Gasteiger partial charge on any atom is 0.193 e. The van der Waals surface area contributed by atoms with E-state index in [4.69, 9.17) is 9.73 Å². The van der Waals surface area contributed by atoms with E-state index in [0.717, 1.165) is 58.2 Å². The Morgan fingerprint density at radius 2 is 1.96 bits per heavy atom. The predicted molar refractivity (Wildman–Crippen MR) is 117 cm³/mol. The SMILES string of the molecule is CCNC(=NCC1(N(C)C)CCOCC1)N1CCC(c2ccccc2)C(C)C1. The monoisotopic (exact) mass is 386 g/mol. The van der Waals surface area contributed by atoms with Crippen LogP contribution in [0.2, 0.25) is 0 Å². The standard InChI is InChI=1S/C23H38N4O/c1-5-24-22(25-18-23(26(3)4)12-15-28-16-13-23)27-14-11-21(19(2)17-27)20-9-7-6-8-10-20/h6-10,19,21H,5,11-18H2,1-4H3,(H,24,25). The molecule has 2 aliphatic rings. The maximum atomic E-state index is 5.61. The van der Waals surface area contributed by atoms with Crippen LogP contribution in [0.5, 0.6) is 0 Å². The average Bonchev–Trinajstić information content (AvgIpc) is 2.72. The van der Waals surface area contributed by atoms with Crippen molar-refractivity contribution in [3.63, 3.8) is 0 Å². The zero-order valence-corrected chi connectivity index (χ0v) is 18.2. The van der Waals surface area contributed by atoms with Crippen LogP contribution in [0.15, 0.2) is 35.3 Å². The molecule has 1 aromatic rings. The first-order chi connectivity index (χ1) is 13.6. The third kappa shape index (κ3) is 4.87. The molecule has 28 heavy (non-hydrogen) atoms. The van der Waals surface area contributed by atoms with Gasteiger partial charge >= 0.3 is 0 Å². The van der Waals surface area contributed by atoms with Crippen molar-refractivity contribution in [2.75, 3.05) is 53.5 Å². The van der Waals surface area contributed by atoms with Crippen molar-refractivity contribution >= 4 is 5.96 Å². The highest BCUT2D eigenvalue weighted by Crippen LogP contribution is 2.33. The zero-order valence-electron chi connectivity index (χ0n) is 18.2. The third-order valence-electron chi connectivity index (χ3n) is 6.66. The smallest absolute Gasteiger partial charge is 0.193 e. The number of hydrogen-bond donors (Lipinski definition) is 1. The minimum absolute atomic E-state index is 0.118. The molecule has 0 amide bonds. The lowest BCUT2D eigenvalue weighted by Crippen LogP contribution is -2.53. The highest BCUT2D eigenvalue weighted by Gasteiger charge is 2.35. The topological polar surface area (TPSA) is 40.1 Å². The van der Waals surface area contributed by atoms with Crippen LogP contribution in [-0.4, -0.2) is 74.8 Å². The summed E-state index contributed by atoms with van der Waals surface area (Å²) in [5, 5.41) is 3.55. The summed E-state index contributed by atoms with van der Waals surface area (Å²) in [5.41, 5.74) is 1.60. The lowest BCUT2D eigenvalue weighted by molar-refractivity contribution is -0.00267. The van der Waals surface area contributed by atoms with E-state index in [2.05, 4.69) is 73.4 Å². The van der Waals surface area contributed by atoms with Gasteiger partial charge < -0.3 is 19.9 Å². The normalized spacial score (nSPS) is 25.8. The summed E-state index contributed by atoms with van der Waals surface area (Å²) >= 11 is 0. The molecule has 1 aromatic carbocycles. The number of hydrogen-bond acceptors (Lipinski definition) is 3. The number of guanidine groups is 1. The summed E-state index contributed by atoms with van der Waals surface area (Å²) in [6, 6.07) is 11.0. The van der Waals surface area contributed by atoms with E-state index in [0.29, 0.717) is 11.8 Å². The Kier molecular flexibility index (Phi) is 7.36. The number of benzene rings is 1. The van der Waals surface area contributed by atoms with Crippen LogP contribution >= 0.6 is 0 Å². The van der Waals surface area contributed by atoms with E-state index in [-0.39, 0.29) is 5.54 Å². The first-order valence-electron chi connectivity index (χ1n) is 10.9. The largest absolute Gasteiger partial charge is 0.381 e. The van der Waals surface area contributed by atoms with Crippen LogP contribution in [0.4, 0.5) is 0 Å². The van der Waals surface area contributed by atoms with Gasteiger partial charge in [0.15, 0.2) is 5.96 Å². The Morgan fingerprint density at radius 3 is 2.57 bits per heavy atom. The fraction of sp³-hybridized carbons (Fsp3) is 0.696. The minimum Gasteiger partial charge on any atom is -0.381 e. The van der Waals surface area contributed by atoms with Crippen molar-refractivity contribution < 1.29 is 4.74 Å². The summed E-state index contributed by atoms with van der Waals surface area (Å²) in [7, 11) is 4.36. The van der Waals surface area contributed by atoms with Gasteiger partial charge in [-0.25, -0.2) is 0 Å². The number of likely N-dealkylation sites (tertiary alicyclic amines) is 1. The molecule has 5 nitrogen and oxygen atoms in total. The van der Waals surface area contributed by atoms with E-state index in [9.17, 15) is 0 Å². The Morgan fingerprint density at radius 1 is 1.25 bits per heavy atom. The summed E-state index contributed by atoms with van der Waals surface area (Å²) in [6.45, 7) is 10.1. The Hall–Kier alpha value is -1.59. The lowest BCUT2D eigenvalue weighted by atomic mass is 9.82. The summed E-state index contributed by atoms with van der Waals surface area (Å²) < 4.78 is 5.61. The number of rotatable bonds is 5. The number of likely N-dealkylation sites (N-methyl/N-ethyl adjacent to an activating group) is 1. The van der Waals surface area contributed by atoms with Gasteiger partial charge in [0.05, 0.1) is 6.54 Å². The Balaban J connectivity index is 1.69. The maximum absolute atomic E-state index is 5.61. The summed E-state index contributed by atoms with van der Waals surface area (Å²) in [6.07, 6.45) is 3.28. The molecule has 1 N–H and O–H groups in total. The molecule has 2 saturated heterocycles. The van der Waals surface area contributed by atoms with Gasteiger partial charge in [-0.05, 0) is 57.7 Å². The predicted octanol–water partition coefficient (Wildman–Crippen LogP) is 3.19. The van der Waals surface area contributed by atoms with Crippen LogP contribution in [-0.2, 0) is 4.74 Å². The molecule has 2 aliphatic heterocycles. The van der Waals surface area contributed by atoms with Gasteiger partial charge in [0.25, 0.3) is 0 Å². The second-order valence-corrected chi connectivity index (χ2v) is 8.63. The fourth-order valence-electron chi connectivity index (χ4n) is 4.68. The molecule has 0 saturated carbocycles. The van der Waals surface area contributed by atoms with Crippen LogP contribution in [0, 0.1) is 5.92 Å². The number of ether oxygens (including phenoxy) is 1. The highest BCUT2D eigenvalue weighted by molar-refractivity contribution is 5.80. The molecule has 0 aliphatic carbocycles. The van der Waals surface area contributed by atoms with E-state index < -0.39 is 0 Å². The van der Waals surface area contributed by atoms with Crippen molar-refractivity contribution in [2.45, 2.75) is 44.6 Å². The summed E-state index contributed by atoms with van der Waals surface area (Å²) in [4.78, 5) is 9.94. The second-order valence-electron chi connectivity index (χ2n) is 8.63. The van der Waals surface area contributed by atoms with Crippen molar-refractivity contribution in [3.8, 4) is 0 Å². The fourth-order valence-corrected chi connectivity index (χ4v) is 4.68. The molecule has 5 heteroatoms. The highest BCUT2D eigenvalue weighted by atomic mass is 16.5. The molecule has 2 unspecified atom stereocenters. The van der Waals surface area contributed by atoms with Crippen molar-refractivity contribution in [1.29, 1.82) is 0 Å².